The molecular weight excluding hydrogens is 911 g/mol. The highest BCUT2D eigenvalue weighted by molar-refractivity contribution is 5.76. The van der Waals surface area contributed by atoms with E-state index in [0.717, 1.165) is 44.9 Å². The molecule has 6 heteroatoms. The third-order valence-corrected chi connectivity index (χ3v) is 15.7. The largest absolute Gasteiger partial charge is 0.466 e. The number of hydrogen-bond donors (Lipinski definition) is 3. The Morgan fingerprint density at radius 1 is 0.365 bits per heavy atom. The Morgan fingerprint density at radius 2 is 0.635 bits per heavy atom. The van der Waals surface area contributed by atoms with E-state index in [1.54, 1.807) is 6.08 Å². The van der Waals surface area contributed by atoms with Crippen molar-refractivity contribution < 1.29 is 24.5 Å². The Labute approximate surface area is 462 Å². The van der Waals surface area contributed by atoms with Crippen molar-refractivity contribution in [2.75, 3.05) is 13.2 Å². The number of carbonyl (C=O) groups is 2. The average Bonchev–Trinajstić information content (AvgIpc) is 3.40. The van der Waals surface area contributed by atoms with Crippen molar-refractivity contribution >= 4 is 11.9 Å². The van der Waals surface area contributed by atoms with Gasteiger partial charge in [0.05, 0.1) is 25.4 Å². The quantitative estimate of drug-likeness (QED) is 0.0320. The summed E-state index contributed by atoms with van der Waals surface area (Å²) in [7, 11) is 0. The third kappa shape index (κ3) is 59.6. The van der Waals surface area contributed by atoms with E-state index < -0.39 is 12.1 Å². The monoisotopic (exact) mass is 1040 g/mol. The first-order valence-electron chi connectivity index (χ1n) is 33.6. The molecule has 0 aromatic heterocycles. The van der Waals surface area contributed by atoms with Gasteiger partial charge in [0.15, 0.2) is 0 Å². The van der Waals surface area contributed by atoms with E-state index >= 15 is 0 Å². The number of rotatable bonds is 63. The van der Waals surface area contributed by atoms with E-state index in [0.29, 0.717) is 19.4 Å². The topological polar surface area (TPSA) is 95.9 Å². The predicted molar refractivity (Wildman–Crippen MR) is 324 cm³/mol. The highest BCUT2D eigenvalue weighted by Gasteiger charge is 2.18. The summed E-state index contributed by atoms with van der Waals surface area (Å²) in [5, 5.41) is 23.1. The second kappa shape index (κ2) is 63.9. The van der Waals surface area contributed by atoms with Crippen LogP contribution in [0.3, 0.4) is 0 Å². The van der Waals surface area contributed by atoms with Crippen LogP contribution in [0.25, 0.3) is 0 Å². The molecule has 6 nitrogen and oxygen atoms in total. The Balaban J connectivity index is 3.34. The standard InChI is InChI=1S/C68H131NO5/c1-3-5-7-9-11-13-15-17-37-40-44-48-52-56-60-66(71)65(64-70)69-67(72)61-57-53-49-45-41-38-34-32-30-28-26-24-22-20-18-19-21-23-25-27-29-31-33-35-39-43-47-51-55-59-63-74-68(73)62-58-54-50-46-42-36-16-14-12-10-8-6-4-2/h14,16,56,60,65-66,70-71H,3-13,15,17-55,57-59,61-64H2,1-2H3,(H,69,72)/b16-14-,60-56+. The normalized spacial score (nSPS) is 12.6. The zero-order valence-electron chi connectivity index (χ0n) is 50.1. The van der Waals surface area contributed by atoms with Gasteiger partial charge >= 0.3 is 5.97 Å². The molecule has 0 radical (unpaired) electrons. The lowest BCUT2D eigenvalue weighted by Gasteiger charge is -2.20. The van der Waals surface area contributed by atoms with Gasteiger partial charge in [-0.2, -0.15) is 0 Å². The zero-order chi connectivity index (χ0) is 53.6. The van der Waals surface area contributed by atoms with Crippen LogP contribution in [0.4, 0.5) is 0 Å². The summed E-state index contributed by atoms with van der Waals surface area (Å²) in [4.78, 5) is 24.5. The SMILES string of the molecule is CCCCCC/C=C\CCCCCCCC(=O)OCCCCCCCCCCCCCCCCCCCCCCCCCCCCCCCCC(=O)NC(CO)C(O)/C=C/CCCCCCCCCCCCCC. The summed E-state index contributed by atoms with van der Waals surface area (Å²) in [5.74, 6) is -0.0514. The van der Waals surface area contributed by atoms with Gasteiger partial charge in [0.1, 0.15) is 0 Å². The molecule has 0 aliphatic heterocycles. The van der Waals surface area contributed by atoms with Crippen LogP contribution >= 0.6 is 0 Å². The van der Waals surface area contributed by atoms with Crippen LogP contribution in [0.5, 0.6) is 0 Å². The molecule has 0 saturated heterocycles. The van der Waals surface area contributed by atoms with Crippen LogP contribution in [-0.2, 0) is 14.3 Å². The van der Waals surface area contributed by atoms with Crippen LogP contribution in [0, 0.1) is 0 Å². The zero-order valence-corrected chi connectivity index (χ0v) is 50.1. The minimum Gasteiger partial charge on any atom is -0.466 e. The van der Waals surface area contributed by atoms with Gasteiger partial charge in [0, 0.05) is 12.8 Å². The Hall–Kier alpha value is -1.66. The summed E-state index contributed by atoms with van der Waals surface area (Å²) < 4.78 is 5.48. The highest BCUT2D eigenvalue weighted by atomic mass is 16.5. The van der Waals surface area contributed by atoms with Crippen molar-refractivity contribution in [2.45, 2.75) is 386 Å². The fourth-order valence-corrected chi connectivity index (χ4v) is 10.6. The van der Waals surface area contributed by atoms with E-state index in [2.05, 4.69) is 31.3 Å². The number of ether oxygens (including phenoxy) is 1. The van der Waals surface area contributed by atoms with Crippen LogP contribution in [0.2, 0.25) is 0 Å². The van der Waals surface area contributed by atoms with Crippen LogP contribution in [0.15, 0.2) is 24.3 Å². The van der Waals surface area contributed by atoms with Gasteiger partial charge in [0.25, 0.3) is 0 Å². The van der Waals surface area contributed by atoms with Crippen molar-refractivity contribution in [1.82, 2.24) is 5.32 Å². The van der Waals surface area contributed by atoms with Crippen LogP contribution in [0.1, 0.15) is 373 Å². The van der Waals surface area contributed by atoms with E-state index in [9.17, 15) is 19.8 Å². The molecule has 0 aromatic carbocycles. The lowest BCUT2D eigenvalue weighted by molar-refractivity contribution is -0.143. The fourth-order valence-electron chi connectivity index (χ4n) is 10.6. The Bertz CT molecular complexity index is 1150. The first kappa shape index (κ1) is 72.3. The first-order chi connectivity index (χ1) is 36.5. The molecular formula is C68H131NO5. The maximum atomic E-state index is 12.5. The van der Waals surface area contributed by atoms with E-state index in [4.69, 9.17) is 4.74 Å². The smallest absolute Gasteiger partial charge is 0.305 e. The first-order valence-corrected chi connectivity index (χ1v) is 33.6. The molecule has 74 heavy (non-hydrogen) atoms. The second-order valence-electron chi connectivity index (χ2n) is 23.2. The number of aliphatic hydroxyl groups excluding tert-OH is 2. The molecule has 0 saturated carbocycles. The second-order valence-corrected chi connectivity index (χ2v) is 23.2. The van der Waals surface area contributed by atoms with Crippen molar-refractivity contribution in [3.8, 4) is 0 Å². The number of esters is 1. The number of hydrogen-bond acceptors (Lipinski definition) is 5. The minimum atomic E-state index is -0.841. The van der Waals surface area contributed by atoms with Crippen molar-refractivity contribution in [3.05, 3.63) is 24.3 Å². The lowest BCUT2D eigenvalue weighted by atomic mass is 10.0. The Kier molecular flexibility index (Phi) is 62.4. The van der Waals surface area contributed by atoms with Crippen LogP contribution < -0.4 is 5.32 Å². The average molecular weight is 1040 g/mol. The molecule has 0 rings (SSSR count). The lowest BCUT2D eigenvalue weighted by Crippen LogP contribution is -2.45. The minimum absolute atomic E-state index is 0.0108. The molecule has 0 fully saturated rings. The van der Waals surface area contributed by atoms with Gasteiger partial charge in [-0.1, -0.05) is 327 Å². The summed E-state index contributed by atoms with van der Waals surface area (Å²) in [6.07, 6.45) is 79.6. The molecule has 0 bridgehead atoms. The van der Waals surface area contributed by atoms with Gasteiger partial charge in [0.2, 0.25) is 5.91 Å². The molecule has 438 valence electrons. The van der Waals surface area contributed by atoms with Gasteiger partial charge in [-0.3, -0.25) is 9.59 Å². The summed E-state index contributed by atoms with van der Waals surface area (Å²) >= 11 is 0. The van der Waals surface area contributed by atoms with E-state index in [1.807, 2.05) is 6.08 Å². The van der Waals surface area contributed by atoms with Crippen molar-refractivity contribution in [1.29, 1.82) is 0 Å². The summed E-state index contributed by atoms with van der Waals surface area (Å²) in [6, 6.07) is -0.624. The number of aliphatic hydroxyl groups is 2. The molecule has 0 aromatic rings. The summed E-state index contributed by atoms with van der Waals surface area (Å²) in [6.45, 7) is 4.91. The van der Waals surface area contributed by atoms with Crippen LogP contribution in [-0.4, -0.2) is 47.4 Å². The maximum Gasteiger partial charge on any atom is 0.305 e. The number of amides is 1. The number of nitrogens with one attached hydrogen (secondary N) is 1. The van der Waals surface area contributed by atoms with E-state index in [-0.39, 0.29) is 18.5 Å². The third-order valence-electron chi connectivity index (χ3n) is 15.7. The molecule has 0 aliphatic rings. The molecule has 3 N–H and O–H groups in total. The van der Waals surface area contributed by atoms with Gasteiger partial charge in [-0.25, -0.2) is 0 Å². The van der Waals surface area contributed by atoms with E-state index in [1.165, 1.54) is 302 Å². The molecule has 1 amide bonds. The maximum absolute atomic E-state index is 12.5. The Morgan fingerprint density at radius 3 is 0.973 bits per heavy atom. The van der Waals surface area contributed by atoms with Gasteiger partial charge < -0.3 is 20.3 Å². The molecule has 2 unspecified atom stereocenters. The van der Waals surface area contributed by atoms with Crippen molar-refractivity contribution in [2.24, 2.45) is 0 Å². The number of unbranched alkanes of at least 4 members (excludes halogenated alkanes) is 50. The summed E-state index contributed by atoms with van der Waals surface area (Å²) in [5.41, 5.74) is 0. The molecule has 0 aliphatic carbocycles. The highest BCUT2D eigenvalue weighted by Crippen LogP contribution is 2.18. The van der Waals surface area contributed by atoms with Gasteiger partial charge in [-0.05, 0) is 57.8 Å². The molecule has 0 heterocycles. The predicted octanol–water partition coefficient (Wildman–Crippen LogP) is 21.4. The van der Waals surface area contributed by atoms with Gasteiger partial charge in [-0.15, -0.1) is 0 Å². The number of carbonyl (C=O) groups excluding carboxylic acids is 2. The number of allylic oxidation sites excluding steroid dienone is 3. The van der Waals surface area contributed by atoms with Crippen molar-refractivity contribution in [3.63, 3.8) is 0 Å². The fraction of sp³-hybridized carbons (Fsp3) is 0.912. The molecule has 2 atom stereocenters. The molecule has 0 spiro atoms.